The van der Waals surface area contributed by atoms with Gasteiger partial charge in [0.1, 0.15) is 0 Å². The van der Waals surface area contributed by atoms with Gasteiger partial charge < -0.3 is 15.3 Å². The molecule has 0 aliphatic heterocycles. The average Bonchev–Trinajstić information content (AvgIpc) is 2.35. The second kappa shape index (κ2) is 6.34. The molecule has 98 valence electrons. The molecular weight excluding hydrogens is 310 g/mol. The third-order valence-electron chi connectivity index (χ3n) is 1.95. The van der Waals surface area contributed by atoms with Crippen molar-refractivity contribution in [2.75, 3.05) is 4.09 Å². The predicted octanol–water partition coefficient (Wildman–Crippen LogP) is 0.633. The summed E-state index contributed by atoms with van der Waals surface area (Å²) in [5.41, 5.74) is 0.446. The van der Waals surface area contributed by atoms with Crippen molar-refractivity contribution in [2.45, 2.75) is 12.2 Å². The molecule has 0 spiro atoms. The molecule has 0 fully saturated rings. The number of aliphatic hydroxyl groups excluding tert-OH is 1. The number of rotatable bonds is 6. The van der Waals surface area contributed by atoms with Crippen LogP contribution in [-0.2, 0) is 14.4 Å². The Morgan fingerprint density at radius 3 is 2.17 bits per heavy atom. The number of aliphatic carboxylic acids is 2. The number of halogens is 1. The monoisotopic (exact) mass is 319 g/mol. The van der Waals surface area contributed by atoms with Crippen LogP contribution in [0, 0.1) is 0 Å². The molecule has 3 N–H and O–H groups in total. The van der Waals surface area contributed by atoms with E-state index in [2.05, 4.69) is 16.1 Å². The molecule has 1 aromatic rings. The third-order valence-corrected chi connectivity index (χ3v) is 2.53. The minimum atomic E-state index is -2.17. The zero-order valence-electron chi connectivity index (χ0n) is 8.93. The Hall–Kier alpha value is -1.64. The normalized spacial score (nSPS) is 13.7. The van der Waals surface area contributed by atoms with E-state index in [0.717, 1.165) is 4.09 Å². The quantitative estimate of drug-likeness (QED) is 0.521. The Morgan fingerprint density at radius 1 is 1.17 bits per heavy atom. The summed E-state index contributed by atoms with van der Waals surface area (Å²) in [7, 11) is 0. The van der Waals surface area contributed by atoms with Gasteiger partial charge >= 0.3 is 11.9 Å². The van der Waals surface area contributed by atoms with Crippen LogP contribution in [0.4, 0.5) is 5.69 Å². The molecule has 18 heavy (non-hydrogen) atoms. The third kappa shape index (κ3) is 3.69. The van der Waals surface area contributed by atoms with E-state index in [1.54, 1.807) is 30.3 Å². The number of carboxylic acid groups (broad SMARTS) is 2. The van der Waals surface area contributed by atoms with E-state index in [-0.39, 0.29) is 0 Å². The first-order valence-corrected chi connectivity index (χ1v) is 5.46. The summed E-state index contributed by atoms with van der Waals surface area (Å²) >= 11 is 2.92. The molecule has 7 nitrogen and oxygen atoms in total. The lowest BCUT2D eigenvalue weighted by Gasteiger charge is -2.22. The maximum atomic E-state index is 10.8. The van der Waals surface area contributed by atoms with Crippen LogP contribution >= 0.6 is 16.1 Å². The van der Waals surface area contributed by atoms with E-state index in [9.17, 15) is 14.7 Å². The van der Waals surface area contributed by atoms with Crippen LogP contribution in [0.3, 0.4) is 0 Å². The van der Waals surface area contributed by atoms with Crippen LogP contribution in [0.15, 0.2) is 30.3 Å². The Kier molecular flexibility index (Phi) is 5.08. The van der Waals surface area contributed by atoms with Crippen molar-refractivity contribution in [2.24, 2.45) is 0 Å². The highest BCUT2D eigenvalue weighted by Gasteiger charge is 2.35. The van der Waals surface area contributed by atoms with Gasteiger partial charge in [-0.2, -0.15) is 4.09 Å². The fraction of sp³-hybridized carbons (Fsp3) is 0.200. The summed E-state index contributed by atoms with van der Waals surface area (Å²) in [6.45, 7) is 0. The van der Waals surface area contributed by atoms with Gasteiger partial charge in [-0.15, -0.1) is 0 Å². The van der Waals surface area contributed by atoms with E-state index in [1.807, 2.05) is 0 Å². The van der Waals surface area contributed by atoms with Gasteiger partial charge in [0.15, 0.2) is 6.10 Å². The van der Waals surface area contributed by atoms with E-state index >= 15 is 0 Å². The molecule has 0 amide bonds. The molecule has 0 radical (unpaired) electrons. The molecular formula is C10H10BrNO6. The second-order valence-corrected chi connectivity index (χ2v) is 3.87. The summed E-state index contributed by atoms with van der Waals surface area (Å²) < 4.78 is 0.901. The highest BCUT2D eigenvalue weighted by Crippen LogP contribution is 2.19. The van der Waals surface area contributed by atoms with Gasteiger partial charge in [0.05, 0.1) is 21.8 Å². The van der Waals surface area contributed by atoms with Crippen molar-refractivity contribution >= 4 is 33.8 Å². The first-order chi connectivity index (χ1) is 8.43. The van der Waals surface area contributed by atoms with Crippen molar-refractivity contribution in [1.29, 1.82) is 0 Å². The largest absolute Gasteiger partial charge is 0.479 e. The molecule has 0 heterocycles. The van der Waals surface area contributed by atoms with E-state index in [0.29, 0.717) is 5.69 Å². The molecule has 0 saturated heterocycles. The zero-order valence-corrected chi connectivity index (χ0v) is 10.5. The van der Waals surface area contributed by atoms with Crippen molar-refractivity contribution in [3.05, 3.63) is 30.3 Å². The summed E-state index contributed by atoms with van der Waals surface area (Å²) in [4.78, 5) is 26.2. The smallest absolute Gasteiger partial charge is 0.339 e. The maximum Gasteiger partial charge on any atom is 0.339 e. The zero-order chi connectivity index (χ0) is 13.7. The highest BCUT2D eigenvalue weighted by atomic mass is 79.9. The Morgan fingerprint density at radius 2 is 1.72 bits per heavy atom. The van der Waals surface area contributed by atoms with E-state index < -0.39 is 24.1 Å². The molecule has 0 aromatic heterocycles. The van der Waals surface area contributed by atoms with Crippen LogP contribution in [-0.4, -0.2) is 39.5 Å². The molecule has 0 bridgehead atoms. The van der Waals surface area contributed by atoms with Crippen LogP contribution in [0.25, 0.3) is 0 Å². The summed E-state index contributed by atoms with van der Waals surface area (Å²) in [6.07, 6.45) is -4.10. The van der Waals surface area contributed by atoms with Gasteiger partial charge in [-0.1, -0.05) is 18.2 Å². The first-order valence-electron chi connectivity index (χ1n) is 4.75. The van der Waals surface area contributed by atoms with Gasteiger partial charge in [0.25, 0.3) is 0 Å². The van der Waals surface area contributed by atoms with Crippen LogP contribution in [0.5, 0.6) is 0 Å². The number of anilines is 1. The number of benzene rings is 1. The first kappa shape index (κ1) is 14.4. The van der Waals surface area contributed by atoms with Gasteiger partial charge in [-0.05, 0) is 12.1 Å². The molecule has 0 aliphatic carbocycles. The van der Waals surface area contributed by atoms with Gasteiger partial charge in [-0.3, -0.25) is 0 Å². The van der Waals surface area contributed by atoms with Crippen LogP contribution in [0.1, 0.15) is 0 Å². The molecule has 2 unspecified atom stereocenters. The molecule has 2 atom stereocenters. The number of para-hydroxylation sites is 1. The Bertz CT molecular complexity index is 426. The van der Waals surface area contributed by atoms with E-state index in [4.69, 9.17) is 15.1 Å². The number of hydrogen-bond acceptors (Lipinski definition) is 5. The fourth-order valence-corrected chi connectivity index (χ4v) is 1.49. The topological polar surface area (TPSA) is 107 Å². The fourth-order valence-electron chi connectivity index (χ4n) is 1.07. The van der Waals surface area contributed by atoms with Crippen LogP contribution in [0.2, 0.25) is 0 Å². The molecule has 0 aliphatic rings. The van der Waals surface area contributed by atoms with Crippen molar-refractivity contribution < 1.29 is 29.7 Å². The lowest BCUT2D eigenvalue weighted by molar-refractivity contribution is -0.170. The Labute approximate surface area is 111 Å². The van der Waals surface area contributed by atoms with Gasteiger partial charge in [-0.25, -0.2) is 14.4 Å². The number of hydrogen-bond donors (Lipinski definition) is 3. The lowest BCUT2D eigenvalue weighted by atomic mass is 10.2. The minimum Gasteiger partial charge on any atom is -0.479 e. The SMILES string of the molecule is O=C(O)C(O)C(ON(Br)c1ccccc1)C(=O)O. The van der Waals surface area contributed by atoms with Crippen molar-refractivity contribution in [3.8, 4) is 0 Å². The Balaban J connectivity index is 2.79. The highest BCUT2D eigenvalue weighted by molar-refractivity contribution is 9.10. The second-order valence-electron chi connectivity index (χ2n) is 3.23. The summed E-state index contributed by atoms with van der Waals surface area (Å²) in [5, 5.41) is 26.5. The molecule has 8 heteroatoms. The predicted molar refractivity (Wildman–Crippen MR) is 64.0 cm³/mol. The molecule has 1 rings (SSSR count). The lowest BCUT2D eigenvalue weighted by Crippen LogP contribution is -2.44. The van der Waals surface area contributed by atoms with Gasteiger partial charge in [0.2, 0.25) is 6.10 Å². The average molecular weight is 320 g/mol. The minimum absolute atomic E-state index is 0.446. The maximum absolute atomic E-state index is 10.8. The van der Waals surface area contributed by atoms with Crippen LogP contribution < -0.4 is 4.09 Å². The number of aliphatic hydroxyl groups is 1. The number of nitrogens with zero attached hydrogens (tertiary/aromatic N) is 1. The van der Waals surface area contributed by atoms with Gasteiger partial charge in [0, 0.05) is 0 Å². The standard InChI is InChI=1S/C10H10BrNO6/c11-12(6-4-2-1-3-5-6)18-8(10(16)17)7(13)9(14)15/h1-5,7-8,13H,(H,14,15)(H,16,17). The summed E-state index contributed by atoms with van der Waals surface area (Å²) in [6, 6.07) is 8.29. The number of carbonyl (C=O) groups is 2. The molecule has 0 saturated carbocycles. The van der Waals surface area contributed by atoms with E-state index in [1.165, 1.54) is 0 Å². The van der Waals surface area contributed by atoms with Crippen molar-refractivity contribution in [1.82, 2.24) is 0 Å². The summed E-state index contributed by atoms with van der Waals surface area (Å²) in [5.74, 6) is -3.28. The molecule has 1 aromatic carbocycles. The van der Waals surface area contributed by atoms with Crippen molar-refractivity contribution in [3.63, 3.8) is 0 Å². The number of carboxylic acids is 2.